The first-order chi connectivity index (χ1) is 17.8. The van der Waals surface area contributed by atoms with Crippen LogP contribution in [0.5, 0.6) is 0 Å². The Balaban J connectivity index is 1.40. The zero-order valence-corrected chi connectivity index (χ0v) is 21.4. The van der Waals surface area contributed by atoms with E-state index in [-0.39, 0.29) is 28.2 Å². The molecule has 4 aromatic rings. The second kappa shape index (κ2) is 10.1. The first-order valence-corrected chi connectivity index (χ1v) is 13.1. The molecule has 0 aliphatic carbocycles. The number of para-hydroxylation sites is 1. The topological polar surface area (TPSA) is 64.0 Å². The van der Waals surface area contributed by atoms with E-state index in [0.29, 0.717) is 28.4 Å². The van der Waals surface area contributed by atoms with E-state index in [1.54, 1.807) is 11.6 Å². The largest absolute Gasteiger partial charge is 0.428 e. The monoisotopic (exact) mass is 521 g/mol. The fourth-order valence-corrected chi connectivity index (χ4v) is 6.01. The summed E-state index contributed by atoms with van der Waals surface area (Å²) < 4.78 is 28.7. The highest BCUT2D eigenvalue weighted by Gasteiger charge is 2.52. The van der Waals surface area contributed by atoms with Gasteiger partial charge in [0.2, 0.25) is 0 Å². The molecule has 0 spiro atoms. The molecule has 1 aliphatic rings. The van der Waals surface area contributed by atoms with Crippen molar-refractivity contribution in [3.63, 3.8) is 0 Å². The number of quaternary nitrogens is 1. The van der Waals surface area contributed by atoms with Crippen molar-refractivity contribution in [3.8, 4) is 11.1 Å². The molecule has 3 amide bonds. The fourth-order valence-electron chi connectivity index (χ4n) is 5.07. The van der Waals surface area contributed by atoms with Gasteiger partial charge >= 0.3 is 11.9 Å². The summed E-state index contributed by atoms with van der Waals surface area (Å²) in [4.78, 5) is 31.9. The number of likely N-dealkylation sites (tertiary alicyclic amines) is 1. The molecule has 1 unspecified atom stereocenters. The van der Waals surface area contributed by atoms with Gasteiger partial charge in [-0.1, -0.05) is 60.3 Å². The number of hydrogen-bond acceptors (Lipinski definition) is 4. The maximum Gasteiger partial charge on any atom is 0.428 e. The van der Waals surface area contributed by atoms with Gasteiger partial charge in [0.05, 0.1) is 23.3 Å². The minimum atomic E-state index is -0.971. The number of carbonyl (C=O) groups is 2. The lowest BCUT2D eigenvalue weighted by Gasteiger charge is -2.33. The molecule has 190 valence electrons. The first-order valence-electron chi connectivity index (χ1n) is 12.1. The van der Waals surface area contributed by atoms with Crippen LogP contribution in [0, 0.1) is 11.6 Å². The SMILES string of the molecule is C[C@@H]1CCC[N+]1(C(=O)CSc1nc2cc(F)c(F)cc2n1C)C(=O)Nc1ccccc1-c1ccccc1. The van der Waals surface area contributed by atoms with Crippen LogP contribution in [0.4, 0.5) is 19.3 Å². The van der Waals surface area contributed by atoms with Gasteiger partial charge in [0.1, 0.15) is 11.8 Å². The summed E-state index contributed by atoms with van der Waals surface area (Å²) in [5.74, 6) is -2.15. The molecule has 1 saturated heterocycles. The van der Waals surface area contributed by atoms with Crippen LogP contribution >= 0.6 is 11.8 Å². The fraction of sp³-hybridized carbons (Fsp3) is 0.250. The van der Waals surface area contributed by atoms with E-state index < -0.39 is 11.6 Å². The average molecular weight is 522 g/mol. The number of nitrogens with one attached hydrogen (secondary N) is 1. The van der Waals surface area contributed by atoms with E-state index in [9.17, 15) is 18.4 Å². The highest BCUT2D eigenvalue weighted by Crippen LogP contribution is 2.34. The van der Waals surface area contributed by atoms with Crippen LogP contribution in [0.3, 0.4) is 0 Å². The van der Waals surface area contributed by atoms with Crippen LogP contribution in [0.15, 0.2) is 71.9 Å². The Morgan fingerprint density at radius 2 is 1.78 bits per heavy atom. The number of imide groups is 1. The zero-order valence-electron chi connectivity index (χ0n) is 20.6. The number of carbonyl (C=O) groups excluding carboxylic acids is 2. The van der Waals surface area contributed by atoms with Crippen molar-refractivity contribution in [1.82, 2.24) is 9.55 Å². The highest BCUT2D eigenvalue weighted by molar-refractivity contribution is 7.99. The normalized spacial score (nSPS) is 19.3. The summed E-state index contributed by atoms with van der Waals surface area (Å²) in [7, 11) is 1.69. The lowest BCUT2D eigenvalue weighted by Crippen LogP contribution is -2.61. The van der Waals surface area contributed by atoms with Crippen molar-refractivity contribution in [2.45, 2.75) is 31.0 Å². The van der Waals surface area contributed by atoms with Crippen LogP contribution in [-0.2, 0) is 11.8 Å². The number of rotatable bonds is 5. The lowest BCUT2D eigenvalue weighted by molar-refractivity contribution is -0.781. The molecule has 0 saturated carbocycles. The lowest BCUT2D eigenvalue weighted by atomic mass is 10.0. The van der Waals surface area contributed by atoms with Gasteiger partial charge in [0.15, 0.2) is 16.8 Å². The second-order valence-corrected chi connectivity index (χ2v) is 10.3. The van der Waals surface area contributed by atoms with Crippen molar-refractivity contribution in [2.75, 3.05) is 17.6 Å². The third kappa shape index (κ3) is 4.53. The number of aryl methyl sites for hydroxylation is 1. The van der Waals surface area contributed by atoms with Crippen LogP contribution in [0.25, 0.3) is 22.2 Å². The maximum absolute atomic E-state index is 13.8. The number of thioether (sulfide) groups is 1. The van der Waals surface area contributed by atoms with Crippen molar-refractivity contribution in [1.29, 1.82) is 0 Å². The van der Waals surface area contributed by atoms with E-state index in [4.69, 9.17) is 0 Å². The summed E-state index contributed by atoms with van der Waals surface area (Å²) in [6, 6.07) is 18.9. The highest BCUT2D eigenvalue weighted by atomic mass is 32.2. The molecule has 1 aliphatic heterocycles. The number of imidazole rings is 1. The predicted octanol–water partition coefficient (Wildman–Crippen LogP) is 6.37. The smallest absolute Gasteiger partial charge is 0.322 e. The molecule has 1 fully saturated rings. The molecule has 37 heavy (non-hydrogen) atoms. The Morgan fingerprint density at radius 3 is 2.51 bits per heavy atom. The number of amides is 3. The molecule has 2 heterocycles. The number of benzene rings is 3. The van der Waals surface area contributed by atoms with Gasteiger partial charge < -0.3 is 4.57 Å². The van der Waals surface area contributed by atoms with Gasteiger partial charge in [0, 0.05) is 37.6 Å². The quantitative estimate of drug-likeness (QED) is 0.245. The minimum absolute atomic E-state index is 0.000217. The molecular formula is C28H27F2N4O2S+. The van der Waals surface area contributed by atoms with Crippen LogP contribution in [0.1, 0.15) is 19.8 Å². The van der Waals surface area contributed by atoms with E-state index in [1.165, 1.54) is 11.8 Å². The number of hydrogen-bond donors (Lipinski definition) is 1. The van der Waals surface area contributed by atoms with Gasteiger partial charge in [-0.15, -0.1) is 0 Å². The Hall–Kier alpha value is -3.56. The van der Waals surface area contributed by atoms with Crippen molar-refractivity contribution in [2.24, 2.45) is 7.05 Å². The van der Waals surface area contributed by atoms with E-state index in [0.717, 1.165) is 36.1 Å². The molecule has 2 atom stereocenters. The Morgan fingerprint density at radius 1 is 1.08 bits per heavy atom. The summed E-state index contributed by atoms with van der Waals surface area (Å²) >= 11 is 1.17. The van der Waals surface area contributed by atoms with Gasteiger partial charge in [-0.3, -0.25) is 5.32 Å². The summed E-state index contributed by atoms with van der Waals surface area (Å²) in [5.41, 5.74) is 3.24. The zero-order chi connectivity index (χ0) is 26.2. The van der Waals surface area contributed by atoms with Crippen LogP contribution in [-0.4, -0.2) is 44.3 Å². The summed E-state index contributed by atoms with van der Waals surface area (Å²) in [5, 5.41) is 3.50. The number of fused-ring (bicyclic) bond motifs is 1. The molecule has 1 N–H and O–H groups in total. The molecular weight excluding hydrogens is 494 g/mol. The van der Waals surface area contributed by atoms with Crippen molar-refractivity contribution < 1.29 is 22.9 Å². The number of nitrogens with zero attached hydrogens (tertiary/aromatic N) is 3. The third-order valence-corrected chi connectivity index (χ3v) is 8.17. The Bertz CT molecular complexity index is 1490. The molecule has 9 heteroatoms. The number of aromatic nitrogens is 2. The number of halogens is 2. The van der Waals surface area contributed by atoms with Gasteiger partial charge in [-0.25, -0.2) is 23.4 Å². The second-order valence-electron chi connectivity index (χ2n) is 9.32. The molecule has 5 rings (SSSR count). The molecule has 3 aromatic carbocycles. The van der Waals surface area contributed by atoms with E-state index in [1.807, 2.05) is 61.5 Å². The van der Waals surface area contributed by atoms with E-state index >= 15 is 0 Å². The minimum Gasteiger partial charge on any atom is -0.322 e. The Labute approximate surface area is 217 Å². The van der Waals surface area contributed by atoms with Gasteiger partial charge in [0.25, 0.3) is 0 Å². The molecule has 6 nitrogen and oxygen atoms in total. The summed E-state index contributed by atoms with van der Waals surface area (Å²) in [6.07, 6.45) is 1.52. The molecule has 0 radical (unpaired) electrons. The summed E-state index contributed by atoms with van der Waals surface area (Å²) in [6.45, 7) is 2.34. The molecule has 1 aromatic heterocycles. The van der Waals surface area contributed by atoms with Crippen LogP contribution < -0.4 is 5.32 Å². The first kappa shape index (κ1) is 25.1. The van der Waals surface area contributed by atoms with Crippen LogP contribution in [0.2, 0.25) is 0 Å². The van der Waals surface area contributed by atoms with Crippen molar-refractivity contribution >= 4 is 40.4 Å². The maximum atomic E-state index is 13.8. The van der Waals surface area contributed by atoms with Crippen molar-refractivity contribution in [3.05, 3.63) is 78.4 Å². The van der Waals surface area contributed by atoms with E-state index in [2.05, 4.69) is 10.3 Å². The average Bonchev–Trinajstić information content (AvgIpc) is 3.44. The van der Waals surface area contributed by atoms with Gasteiger partial charge in [-0.05, 0) is 18.6 Å². The third-order valence-electron chi connectivity index (χ3n) is 7.15. The Kier molecular flexibility index (Phi) is 6.83. The predicted molar refractivity (Wildman–Crippen MR) is 141 cm³/mol. The number of urea groups is 1. The van der Waals surface area contributed by atoms with Gasteiger partial charge in [-0.2, -0.15) is 4.48 Å². The molecule has 0 bridgehead atoms. The standard InChI is InChI=1S/C28H26F2N4O2S/c1-18-9-8-14-34(18,28(36)32-23-13-7-6-12-20(23)19-10-4-3-5-11-19)26(35)17-37-27-31-24-15-21(29)22(30)16-25(24)33(27)2/h3-7,10-13,15-16,18H,8-9,14,17H2,1-2H3/p+1/t18-,34?/m1/s1. The number of anilines is 1.